The predicted octanol–water partition coefficient (Wildman–Crippen LogP) is 1.87. The standard InChI is InChI=1S/C12H17ClN2O4S2/c1-14(8-10-2-3-11(13)20-10)21(18,19)15-6-4-9(5-7-15)12(16)17/h2-3,9H,4-8H2,1H3,(H,16,17). The number of aliphatic carboxylic acids is 1. The third-order valence-electron chi connectivity index (χ3n) is 3.53. The van der Waals surface area contributed by atoms with Crippen molar-refractivity contribution in [1.82, 2.24) is 8.61 Å². The quantitative estimate of drug-likeness (QED) is 0.877. The van der Waals surface area contributed by atoms with Crippen LogP contribution in [0.3, 0.4) is 0 Å². The van der Waals surface area contributed by atoms with Gasteiger partial charge in [0.1, 0.15) is 0 Å². The lowest BCUT2D eigenvalue weighted by Gasteiger charge is -2.32. The molecule has 0 radical (unpaired) electrons. The number of carbonyl (C=O) groups is 1. The summed E-state index contributed by atoms with van der Waals surface area (Å²) in [4.78, 5) is 11.8. The smallest absolute Gasteiger partial charge is 0.306 e. The molecule has 0 unspecified atom stereocenters. The van der Waals surface area contributed by atoms with Gasteiger partial charge >= 0.3 is 5.97 Å². The van der Waals surface area contributed by atoms with Gasteiger partial charge in [-0.25, -0.2) is 0 Å². The first kappa shape index (κ1) is 16.7. The number of halogens is 1. The Morgan fingerprint density at radius 2 is 2.10 bits per heavy atom. The molecule has 2 heterocycles. The van der Waals surface area contributed by atoms with E-state index in [0.717, 1.165) is 4.88 Å². The van der Waals surface area contributed by atoms with E-state index in [1.165, 1.54) is 27.0 Å². The largest absolute Gasteiger partial charge is 0.481 e. The zero-order chi connectivity index (χ0) is 15.6. The molecule has 0 spiro atoms. The fourth-order valence-corrected chi connectivity index (χ4v) is 4.86. The number of thiophene rings is 1. The van der Waals surface area contributed by atoms with Crippen LogP contribution in [0.15, 0.2) is 12.1 Å². The van der Waals surface area contributed by atoms with Gasteiger partial charge in [-0.05, 0) is 25.0 Å². The molecule has 118 valence electrons. The molecule has 1 aliphatic heterocycles. The summed E-state index contributed by atoms with van der Waals surface area (Å²) in [7, 11) is -2.04. The Balaban J connectivity index is 1.99. The number of hydrogen-bond donors (Lipinski definition) is 1. The van der Waals surface area contributed by atoms with Gasteiger partial charge in [-0.15, -0.1) is 11.3 Å². The molecule has 21 heavy (non-hydrogen) atoms. The second kappa shape index (κ2) is 6.62. The first-order valence-electron chi connectivity index (χ1n) is 6.49. The second-order valence-corrected chi connectivity index (χ2v) is 8.82. The van der Waals surface area contributed by atoms with Gasteiger partial charge in [0.15, 0.2) is 0 Å². The highest BCUT2D eigenvalue weighted by atomic mass is 35.5. The fraction of sp³-hybridized carbons (Fsp3) is 0.583. The summed E-state index contributed by atoms with van der Waals surface area (Å²) in [6.07, 6.45) is 0.709. The Labute approximate surface area is 133 Å². The van der Waals surface area contributed by atoms with Crippen molar-refractivity contribution in [2.45, 2.75) is 19.4 Å². The van der Waals surface area contributed by atoms with Crippen LogP contribution in [0.4, 0.5) is 0 Å². The molecule has 0 aromatic carbocycles. The number of piperidine rings is 1. The molecule has 1 N–H and O–H groups in total. The monoisotopic (exact) mass is 352 g/mol. The summed E-state index contributed by atoms with van der Waals surface area (Å²) in [6, 6.07) is 3.54. The molecular weight excluding hydrogens is 336 g/mol. The minimum absolute atomic E-state index is 0.245. The number of nitrogens with zero attached hydrogens (tertiary/aromatic N) is 2. The van der Waals surface area contributed by atoms with Gasteiger partial charge in [-0.2, -0.15) is 17.0 Å². The number of carboxylic acids is 1. The molecule has 0 saturated carbocycles. The molecule has 0 amide bonds. The molecule has 0 atom stereocenters. The van der Waals surface area contributed by atoms with Crippen LogP contribution in [0, 0.1) is 5.92 Å². The zero-order valence-corrected chi connectivity index (χ0v) is 13.9. The Kier molecular flexibility index (Phi) is 5.26. The summed E-state index contributed by atoms with van der Waals surface area (Å²) in [5, 5.41) is 8.94. The SMILES string of the molecule is CN(Cc1ccc(Cl)s1)S(=O)(=O)N1CCC(C(=O)O)CC1. The minimum atomic E-state index is -3.56. The van der Waals surface area contributed by atoms with Gasteiger partial charge in [-0.3, -0.25) is 4.79 Å². The molecule has 1 fully saturated rings. The van der Waals surface area contributed by atoms with Crippen molar-refractivity contribution in [1.29, 1.82) is 0 Å². The normalized spacial score (nSPS) is 18.2. The molecule has 6 nitrogen and oxygen atoms in total. The maximum absolute atomic E-state index is 12.4. The van der Waals surface area contributed by atoms with E-state index in [-0.39, 0.29) is 19.6 Å². The summed E-state index contributed by atoms with van der Waals surface area (Å²) >= 11 is 7.18. The molecule has 1 aromatic rings. The molecule has 0 aliphatic carbocycles. The molecular formula is C12H17ClN2O4S2. The van der Waals surface area contributed by atoms with Gasteiger partial charge < -0.3 is 5.11 Å². The van der Waals surface area contributed by atoms with Crippen molar-refractivity contribution < 1.29 is 18.3 Å². The minimum Gasteiger partial charge on any atom is -0.481 e. The number of hydrogen-bond acceptors (Lipinski definition) is 4. The van der Waals surface area contributed by atoms with E-state index in [9.17, 15) is 13.2 Å². The fourth-order valence-electron chi connectivity index (χ4n) is 2.27. The summed E-state index contributed by atoms with van der Waals surface area (Å²) in [5.74, 6) is -1.30. The highest BCUT2D eigenvalue weighted by Gasteiger charge is 2.33. The average molecular weight is 353 g/mol. The lowest BCUT2D eigenvalue weighted by atomic mass is 9.99. The van der Waals surface area contributed by atoms with Crippen molar-refractivity contribution in [2.24, 2.45) is 5.92 Å². The molecule has 2 rings (SSSR count). The van der Waals surface area contributed by atoms with Crippen molar-refractivity contribution >= 4 is 39.1 Å². The lowest BCUT2D eigenvalue weighted by Crippen LogP contribution is -2.46. The first-order valence-corrected chi connectivity index (χ1v) is 9.08. The van der Waals surface area contributed by atoms with E-state index in [1.54, 1.807) is 12.1 Å². The molecule has 0 bridgehead atoms. The van der Waals surface area contributed by atoms with Gasteiger partial charge in [0.25, 0.3) is 10.2 Å². The molecule has 9 heteroatoms. The zero-order valence-electron chi connectivity index (χ0n) is 11.5. The maximum Gasteiger partial charge on any atom is 0.306 e. The van der Waals surface area contributed by atoms with Crippen molar-refractivity contribution in [2.75, 3.05) is 20.1 Å². The van der Waals surface area contributed by atoms with Gasteiger partial charge in [0.2, 0.25) is 0 Å². The van der Waals surface area contributed by atoms with Crippen LogP contribution >= 0.6 is 22.9 Å². The predicted molar refractivity (Wildman–Crippen MR) is 81.6 cm³/mol. The molecule has 1 saturated heterocycles. The van der Waals surface area contributed by atoms with E-state index in [4.69, 9.17) is 16.7 Å². The van der Waals surface area contributed by atoms with E-state index >= 15 is 0 Å². The Bertz CT molecular complexity index is 609. The summed E-state index contributed by atoms with van der Waals surface area (Å²) < 4.78 is 28.1. The third kappa shape index (κ3) is 3.95. The van der Waals surface area contributed by atoms with Gasteiger partial charge in [-0.1, -0.05) is 11.6 Å². The van der Waals surface area contributed by atoms with E-state index in [2.05, 4.69) is 0 Å². The molecule has 1 aromatic heterocycles. The van der Waals surface area contributed by atoms with Crippen LogP contribution in [0.2, 0.25) is 4.34 Å². The lowest BCUT2D eigenvalue weighted by molar-refractivity contribution is -0.142. The van der Waals surface area contributed by atoms with Crippen LogP contribution in [-0.4, -0.2) is 48.2 Å². The van der Waals surface area contributed by atoms with Crippen LogP contribution in [-0.2, 0) is 21.5 Å². The summed E-state index contributed by atoms with van der Waals surface area (Å²) in [5.41, 5.74) is 0. The Morgan fingerprint density at radius 1 is 1.48 bits per heavy atom. The molecule has 1 aliphatic rings. The second-order valence-electron chi connectivity index (χ2n) is 4.98. The third-order valence-corrected chi connectivity index (χ3v) is 6.68. The average Bonchev–Trinajstić information content (AvgIpc) is 2.84. The summed E-state index contributed by atoms with van der Waals surface area (Å²) in [6.45, 7) is 0.752. The van der Waals surface area contributed by atoms with Gasteiger partial charge in [0.05, 0.1) is 10.3 Å². The highest BCUT2D eigenvalue weighted by molar-refractivity contribution is 7.86. The van der Waals surface area contributed by atoms with Crippen molar-refractivity contribution in [3.8, 4) is 0 Å². The van der Waals surface area contributed by atoms with Crippen molar-refractivity contribution in [3.05, 3.63) is 21.3 Å². The first-order chi connectivity index (χ1) is 9.80. The number of carboxylic acid groups (broad SMARTS) is 1. The Morgan fingerprint density at radius 3 is 2.57 bits per heavy atom. The van der Waals surface area contributed by atoms with E-state index < -0.39 is 22.1 Å². The van der Waals surface area contributed by atoms with Crippen molar-refractivity contribution in [3.63, 3.8) is 0 Å². The van der Waals surface area contributed by atoms with Crippen LogP contribution in [0.25, 0.3) is 0 Å². The maximum atomic E-state index is 12.4. The Hall–Kier alpha value is -0.670. The van der Waals surface area contributed by atoms with Crippen LogP contribution < -0.4 is 0 Å². The van der Waals surface area contributed by atoms with Crippen LogP contribution in [0.5, 0.6) is 0 Å². The van der Waals surface area contributed by atoms with E-state index in [1.807, 2.05) is 0 Å². The van der Waals surface area contributed by atoms with E-state index in [0.29, 0.717) is 17.2 Å². The van der Waals surface area contributed by atoms with Crippen LogP contribution in [0.1, 0.15) is 17.7 Å². The highest BCUT2D eigenvalue weighted by Crippen LogP contribution is 2.25. The topological polar surface area (TPSA) is 77.9 Å². The van der Waals surface area contributed by atoms with Gasteiger partial charge in [0, 0.05) is 31.6 Å². The number of rotatable bonds is 5.